The van der Waals surface area contributed by atoms with E-state index in [0.717, 1.165) is 31.4 Å². The van der Waals surface area contributed by atoms with Gasteiger partial charge in [-0.15, -0.1) is 0 Å². The predicted molar refractivity (Wildman–Crippen MR) is 114 cm³/mol. The normalized spacial score (nSPS) is 19.2. The Kier molecular flexibility index (Phi) is 8.50. The highest BCUT2D eigenvalue weighted by atomic mass is 32.2. The van der Waals surface area contributed by atoms with Crippen LogP contribution in [0.2, 0.25) is 0 Å². The Morgan fingerprint density at radius 3 is 2.37 bits per heavy atom. The maximum Gasteiger partial charge on any atom is 0.282 e. The molecule has 168 valence electrons. The topological polar surface area (TPSA) is 79.4 Å². The molecule has 0 unspecified atom stereocenters. The van der Waals surface area contributed by atoms with Crippen molar-refractivity contribution in [1.82, 2.24) is 13.5 Å². The first-order valence-corrected chi connectivity index (χ1v) is 12.1. The average molecular weight is 440 g/mol. The summed E-state index contributed by atoms with van der Waals surface area (Å²) in [4.78, 5) is 14.0. The van der Waals surface area contributed by atoms with Crippen LogP contribution in [0.25, 0.3) is 0 Å². The third-order valence-electron chi connectivity index (χ3n) is 5.84. The molecule has 0 spiro atoms. The van der Waals surface area contributed by atoms with Crippen molar-refractivity contribution in [3.8, 4) is 5.75 Å². The second-order valence-electron chi connectivity index (χ2n) is 7.81. The number of carbonyl (C=O) groups excluding carboxylic acids is 1. The van der Waals surface area contributed by atoms with E-state index in [0.29, 0.717) is 39.4 Å². The molecule has 1 heterocycles. The van der Waals surface area contributed by atoms with Crippen LogP contribution in [-0.4, -0.2) is 86.9 Å². The number of carbonyl (C=O) groups is 1. The molecule has 0 radical (unpaired) electrons. The number of nitrogens with zero attached hydrogens (tertiary/aromatic N) is 3. The van der Waals surface area contributed by atoms with Gasteiger partial charge in [-0.1, -0.05) is 37.5 Å². The number of ether oxygens (including phenoxy) is 2. The lowest BCUT2D eigenvalue weighted by Crippen LogP contribution is -2.55. The van der Waals surface area contributed by atoms with Crippen molar-refractivity contribution in [3.63, 3.8) is 0 Å². The summed E-state index contributed by atoms with van der Waals surface area (Å²) in [6.07, 6.45) is 5.22. The van der Waals surface area contributed by atoms with E-state index in [1.807, 2.05) is 30.3 Å². The summed E-state index contributed by atoms with van der Waals surface area (Å²) >= 11 is 0. The molecule has 9 heteroatoms. The Labute approximate surface area is 179 Å². The van der Waals surface area contributed by atoms with E-state index in [-0.39, 0.29) is 18.6 Å². The number of para-hydroxylation sites is 1. The number of hydrogen-bond donors (Lipinski definition) is 0. The average Bonchev–Trinajstić information content (AvgIpc) is 2.79. The minimum absolute atomic E-state index is 0.0210. The van der Waals surface area contributed by atoms with E-state index in [1.165, 1.54) is 10.7 Å². The molecule has 0 N–H and O–H groups in total. The van der Waals surface area contributed by atoms with Gasteiger partial charge in [0.2, 0.25) is 5.91 Å². The Balaban J connectivity index is 1.36. The van der Waals surface area contributed by atoms with Crippen LogP contribution in [0.4, 0.5) is 0 Å². The molecule has 1 aliphatic carbocycles. The van der Waals surface area contributed by atoms with Crippen molar-refractivity contribution in [3.05, 3.63) is 30.3 Å². The number of amides is 1. The predicted octanol–water partition coefficient (Wildman–Crippen LogP) is 1.74. The molecule has 3 rings (SSSR count). The van der Waals surface area contributed by atoms with Gasteiger partial charge in [-0.05, 0) is 25.0 Å². The molecule has 0 bridgehead atoms. The zero-order valence-electron chi connectivity index (χ0n) is 17.7. The van der Waals surface area contributed by atoms with Crippen LogP contribution in [0, 0.1) is 0 Å². The van der Waals surface area contributed by atoms with Crippen LogP contribution in [0.3, 0.4) is 0 Å². The number of rotatable bonds is 9. The molecule has 0 atom stereocenters. The quantitative estimate of drug-likeness (QED) is 0.548. The number of benzene rings is 1. The molecule has 0 aromatic heterocycles. The van der Waals surface area contributed by atoms with Gasteiger partial charge in [0.15, 0.2) is 0 Å². The standard InChI is InChI=1S/C21H33N3O5S/c1-22(19-8-4-2-5-9-19)30(26,27)24-14-12-23(13-15-24)21(25)18-28-16-17-29-20-10-6-3-7-11-20/h3,6-7,10-11,19H,2,4-5,8-9,12-18H2,1H3. The Morgan fingerprint density at radius 1 is 1.03 bits per heavy atom. The summed E-state index contributed by atoms with van der Waals surface area (Å²) in [6.45, 7) is 2.09. The van der Waals surface area contributed by atoms with Gasteiger partial charge in [-0.2, -0.15) is 17.0 Å². The zero-order valence-corrected chi connectivity index (χ0v) is 18.6. The molecule has 1 amide bonds. The second kappa shape index (κ2) is 11.1. The fourth-order valence-electron chi connectivity index (χ4n) is 3.97. The van der Waals surface area contributed by atoms with Gasteiger partial charge >= 0.3 is 0 Å². The van der Waals surface area contributed by atoms with E-state index < -0.39 is 10.2 Å². The lowest BCUT2D eigenvalue weighted by Gasteiger charge is -2.38. The van der Waals surface area contributed by atoms with Gasteiger partial charge in [-0.25, -0.2) is 0 Å². The van der Waals surface area contributed by atoms with Gasteiger partial charge < -0.3 is 14.4 Å². The molecule has 30 heavy (non-hydrogen) atoms. The third kappa shape index (κ3) is 6.16. The summed E-state index contributed by atoms with van der Waals surface area (Å²) in [5.41, 5.74) is 0. The Morgan fingerprint density at radius 2 is 1.70 bits per heavy atom. The van der Waals surface area contributed by atoms with Crippen molar-refractivity contribution in [2.45, 2.75) is 38.1 Å². The Bertz CT molecular complexity index is 760. The number of hydrogen-bond acceptors (Lipinski definition) is 5. The van der Waals surface area contributed by atoms with E-state index in [1.54, 1.807) is 16.3 Å². The van der Waals surface area contributed by atoms with Crippen molar-refractivity contribution in [1.29, 1.82) is 0 Å². The number of piperazine rings is 1. The third-order valence-corrected chi connectivity index (χ3v) is 7.88. The highest BCUT2D eigenvalue weighted by molar-refractivity contribution is 7.86. The highest BCUT2D eigenvalue weighted by Crippen LogP contribution is 2.25. The SMILES string of the molecule is CN(C1CCCCC1)S(=O)(=O)N1CCN(C(=O)COCCOc2ccccc2)CC1. The summed E-state index contributed by atoms with van der Waals surface area (Å²) in [5.74, 6) is 0.648. The molecule has 1 aliphatic heterocycles. The molecule has 2 aliphatic rings. The fourth-order valence-corrected chi connectivity index (χ4v) is 5.55. The first-order valence-electron chi connectivity index (χ1n) is 10.7. The van der Waals surface area contributed by atoms with Crippen molar-refractivity contribution >= 4 is 16.1 Å². The second-order valence-corrected chi connectivity index (χ2v) is 9.80. The van der Waals surface area contributed by atoms with Crippen LogP contribution >= 0.6 is 0 Å². The van der Waals surface area contributed by atoms with Crippen LogP contribution in [0.15, 0.2) is 30.3 Å². The first kappa shape index (κ1) is 23.0. The lowest BCUT2D eigenvalue weighted by molar-refractivity contribution is -0.137. The van der Waals surface area contributed by atoms with Crippen molar-refractivity contribution < 1.29 is 22.7 Å². The fraction of sp³-hybridized carbons (Fsp3) is 0.667. The van der Waals surface area contributed by atoms with Crippen molar-refractivity contribution in [2.75, 3.05) is 53.0 Å². The summed E-state index contributed by atoms with van der Waals surface area (Å²) in [6, 6.07) is 9.53. The summed E-state index contributed by atoms with van der Waals surface area (Å²) in [7, 11) is -1.79. The smallest absolute Gasteiger partial charge is 0.282 e. The van der Waals surface area contributed by atoms with Gasteiger partial charge in [0.05, 0.1) is 6.61 Å². The molecule has 1 aromatic carbocycles. The molecular weight excluding hydrogens is 406 g/mol. The molecular formula is C21H33N3O5S. The maximum absolute atomic E-state index is 12.9. The molecule has 8 nitrogen and oxygen atoms in total. The van der Waals surface area contributed by atoms with Crippen molar-refractivity contribution in [2.24, 2.45) is 0 Å². The van der Waals surface area contributed by atoms with E-state index >= 15 is 0 Å². The minimum Gasteiger partial charge on any atom is -0.491 e. The molecule has 2 fully saturated rings. The Hall–Kier alpha value is -1.68. The van der Waals surface area contributed by atoms with Gasteiger partial charge in [-0.3, -0.25) is 4.79 Å². The van der Waals surface area contributed by atoms with Crippen LogP contribution < -0.4 is 4.74 Å². The monoisotopic (exact) mass is 439 g/mol. The first-order chi connectivity index (χ1) is 14.5. The molecule has 1 saturated carbocycles. The van der Waals surface area contributed by atoms with Gasteiger partial charge in [0.1, 0.15) is 19.0 Å². The summed E-state index contributed by atoms with van der Waals surface area (Å²) < 4.78 is 39.9. The van der Waals surface area contributed by atoms with Gasteiger partial charge in [0.25, 0.3) is 10.2 Å². The van der Waals surface area contributed by atoms with E-state index in [4.69, 9.17) is 9.47 Å². The maximum atomic E-state index is 12.9. The highest BCUT2D eigenvalue weighted by Gasteiger charge is 2.35. The van der Waals surface area contributed by atoms with E-state index in [2.05, 4.69) is 0 Å². The van der Waals surface area contributed by atoms with Crippen LogP contribution in [0.5, 0.6) is 5.75 Å². The lowest BCUT2D eigenvalue weighted by atomic mass is 9.96. The van der Waals surface area contributed by atoms with Crippen LogP contribution in [0.1, 0.15) is 32.1 Å². The van der Waals surface area contributed by atoms with E-state index in [9.17, 15) is 13.2 Å². The zero-order chi connectivity index (χ0) is 21.4. The van der Waals surface area contributed by atoms with Gasteiger partial charge in [0, 0.05) is 39.3 Å². The molecule has 1 aromatic rings. The largest absolute Gasteiger partial charge is 0.491 e. The minimum atomic E-state index is -3.48. The summed E-state index contributed by atoms with van der Waals surface area (Å²) in [5, 5.41) is 0. The molecule has 1 saturated heterocycles. The van der Waals surface area contributed by atoms with Crippen LogP contribution in [-0.2, 0) is 19.7 Å².